The number of anilines is 1. The van der Waals surface area contributed by atoms with E-state index in [1.807, 2.05) is 30.5 Å². The highest BCUT2D eigenvalue weighted by atomic mass is 16.5. The molecule has 1 saturated heterocycles. The van der Waals surface area contributed by atoms with Gasteiger partial charge >= 0.3 is 0 Å². The number of nitrogens with one attached hydrogen (secondary N) is 1. The molecular weight excluding hydrogens is 480 g/mol. The maximum atomic E-state index is 5.56. The number of para-hydroxylation sites is 1. The van der Waals surface area contributed by atoms with Gasteiger partial charge in [0.25, 0.3) is 0 Å². The van der Waals surface area contributed by atoms with Crippen molar-refractivity contribution in [2.45, 2.75) is 12.8 Å². The highest BCUT2D eigenvalue weighted by Crippen LogP contribution is 2.28. The van der Waals surface area contributed by atoms with Gasteiger partial charge in [0.1, 0.15) is 5.69 Å². The van der Waals surface area contributed by atoms with E-state index in [2.05, 4.69) is 65.4 Å². The third kappa shape index (κ3) is 4.22. The van der Waals surface area contributed by atoms with Crippen molar-refractivity contribution in [3.63, 3.8) is 0 Å². The van der Waals surface area contributed by atoms with Crippen LogP contribution in [0.4, 0.5) is 5.82 Å². The Morgan fingerprint density at radius 1 is 0.868 bits per heavy atom. The van der Waals surface area contributed by atoms with Gasteiger partial charge in [0.05, 0.1) is 36.3 Å². The molecule has 0 atom stereocenters. The van der Waals surface area contributed by atoms with Gasteiger partial charge in [-0.25, -0.2) is 15.1 Å². The van der Waals surface area contributed by atoms with E-state index in [9.17, 15) is 0 Å². The lowest BCUT2D eigenvalue weighted by atomic mass is 10.1. The van der Waals surface area contributed by atoms with Crippen LogP contribution in [0.3, 0.4) is 0 Å². The van der Waals surface area contributed by atoms with Crippen LogP contribution in [0, 0.1) is 0 Å². The number of hydrogen-bond donors (Lipinski definition) is 1. The molecule has 0 spiro atoms. The number of nitrogens with zero attached hydrogens (tertiary/aromatic N) is 9. The molecule has 6 heterocycles. The molecule has 1 aliphatic heterocycles. The molecule has 38 heavy (non-hydrogen) atoms. The monoisotopic (exact) mass is 504 g/mol. The number of H-pyrrole nitrogens is 1. The van der Waals surface area contributed by atoms with E-state index in [1.54, 1.807) is 6.20 Å². The summed E-state index contributed by atoms with van der Waals surface area (Å²) in [4.78, 5) is 21.5. The first kappa shape index (κ1) is 22.4. The van der Waals surface area contributed by atoms with Crippen molar-refractivity contribution >= 4 is 22.4 Å². The highest BCUT2D eigenvalue weighted by molar-refractivity contribution is 5.78. The number of ether oxygens (including phenoxy) is 1. The zero-order valence-electron chi connectivity index (χ0n) is 20.5. The molecule has 7 rings (SSSR count). The largest absolute Gasteiger partial charge is 0.378 e. The van der Waals surface area contributed by atoms with Crippen LogP contribution in [0.1, 0.15) is 11.4 Å². The lowest BCUT2D eigenvalue weighted by Gasteiger charge is -2.28. The van der Waals surface area contributed by atoms with Crippen molar-refractivity contribution in [1.29, 1.82) is 0 Å². The minimum atomic E-state index is 0.523. The first-order chi connectivity index (χ1) is 18.8. The fourth-order valence-electron chi connectivity index (χ4n) is 4.80. The van der Waals surface area contributed by atoms with Crippen LogP contribution in [0.15, 0.2) is 67.1 Å². The molecule has 11 nitrogen and oxygen atoms in total. The number of tetrazole rings is 1. The zero-order chi connectivity index (χ0) is 25.3. The van der Waals surface area contributed by atoms with Crippen LogP contribution in [0.5, 0.6) is 0 Å². The van der Waals surface area contributed by atoms with Gasteiger partial charge in [0.2, 0.25) is 0 Å². The summed E-state index contributed by atoms with van der Waals surface area (Å²) >= 11 is 0. The molecule has 11 heteroatoms. The molecule has 0 unspecified atom stereocenters. The van der Waals surface area contributed by atoms with E-state index in [1.165, 1.54) is 0 Å². The number of pyridine rings is 2. The van der Waals surface area contributed by atoms with Crippen molar-refractivity contribution in [2.75, 3.05) is 31.2 Å². The van der Waals surface area contributed by atoms with Crippen molar-refractivity contribution in [1.82, 2.24) is 45.0 Å². The summed E-state index contributed by atoms with van der Waals surface area (Å²) in [6, 6.07) is 16.3. The minimum absolute atomic E-state index is 0.523. The molecule has 1 aromatic carbocycles. The van der Waals surface area contributed by atoms with Crippen LogP contribution in [0.2, 0.25) is 0 Å². The van der Waals surface area contributed by atoms with Gasteiger partial charge in [0, 0.05) is 42.1 Å². The summed E-state index contributed by atoms with van der Waals surface area (Å²) in [5, 5.41) is 15.1. The Labute approximate surface area is 217 Å². The second-order valence-electron chi connectivity index (χ2n) is 9.17. The molecule has 0 aliphatic carbocycles. The van der Waals surface area contributed by atoms with Gasteiger partial charge in [-0.1, -0.05) is 24.3 Å². The predicted molar refractivity (Wildman–Crippen MR) is 142 cm³/mol. The van der Waals surface area contributed by atoms with E-state index in [-0.39, 0.29) is 0 Å². The zero-order valence-corrected chi connectivity index (χ0v) is 20.5. The molecule has 1 fully saturated rings. The SMILES string of the molecule is c1ccc2nc(CCc3cn4c(-c5ccc(-c6nnn[nH]6)nc5)cnc(N5CCOCC5)c4n3)ccc2c1. The average Bonchev–Trinajstić information content (AvgIpc) is 3.67. The van der Waals surface area contributed by atoms with Crippen LogP contribution in [-0.2, 0) is 17.6 Å². The van der Waals surface area contributed by atoms with E-state index in [0.717, 1.165) is 70.9 Å². The van der Waals surface area contributed by atoms with Crippen LogP contribution in [-0.4, -0.2) is 71.3 Å². The lowest BCUT2D eigenvalue weighted by molar-refractivity contribution is 0.122. The fraction of sp³-hybridized carbons (Fsp3) is 0.222. The highest BCUT2D eigenvalue weighted by Gasteiger charge is 2.20. The molecule has 0 amide bonds. The van der Waals surface area contributed by atoms with Crippen molar-refractivity contribution < 1.29 is 4.74 Å². The molecule has 6 aromatic rings. The van der Waals surface area contributed by atoms with Gasteiger partial charge in [-0.2, -0.15) is 0 Å². The number of morpholine rings is 1. The number of aryl methyl sites for hydroxylation is 2. The molecule has 0 bridgehead atoms. The Morgan fingerprint density at radius 2 is 1.76 bits per heavy atom. The second-order valence-corrected chi connectivity index (χ2v) is 9.17. The lowest BCUT2D eigenvalue weighted by Crippen LogP contribution is -2.37. The Balaban J connectivity index is 1.24. The minimum Gasteiger partial charge on any atom is -0.378 e. The number of hydrogen-bond acceptors (Lipinski definition) is 9. The van der Waals surface area contributed by atoms with E-state index in [0.29, 0.717) is 24.7 Å². The summed E-state index contributed by atoms with van der Waals surface area (Å²) in [5.41, 5.74) is 6.38. The number of fused-ring (bicyclic) bond motifs is 2. The molecule has 1 aliphatic rings. The summed E-state index contributed by atoms with van der Waals surface area (Å²) in [6.07, 6.45) is 7.37. The Morgan fingerprint density at radius 3 is 2.61 bits per heavy atom. The number of rotatable bonds is 6. The van der Waals surface area contributed by atoms with Crippen LogP contribution < -0.4 is 4.90 Å². The van der Waals surface area contributed by atoms with Crippen molar-refractivity contribution in [3.8, 4) is 22.8 Å². The van der Waals surface area contributed by atoms with Gasteiger partial charge < -0.3 is 9.64 Å². The summed E-state index contributed by atoms with van der Waals surface area (Å²) < 4.78 is 7.68. The third-order valence-corrected chi connectivity index (χ3v) is 6.78. The van der Waals surface area contributed by atoms with Crippen molar-refractivity contribution in [3.05, 3.63) is 78.5 Å². The molecule has 0 saturated carbocycles. The smallest absolute Gasteiger partial charge is 0.198 e. The number of imidazole rings is 1. The standard InChI is InChI=1S/C27H24N10O/c1-2-4-22-18(3-1)5-7-20(30-22)8-9-21-17-37-24(19-6-10-23(28-15-19)25-32-34-35-33-25)16-29-26(27(37)31-21)36-11-13-38-14-12-36/h1-7,10,15-17H,8-9,11-14H2,(H,32,33,34,35). The number of aromatic amines is 1. The molecule has 0 radical (unpaired) electrons. The van der Waals surface area contributed by atoms with Gasteiger partial charge in [0.15, 0.2) is 17.3 Å². The van der Waals surface area contributed by atoms with Crippen LogP contribution in [0.25, 0.3) is 39.3 Å². The Bertz CT molecular complexity index is 1710. The Kier molecular flexibility index (Phi) is 5.66. The topological polar surface area (TPSA) is 123 Å². The summed E-state index contributed by atoms with van der Waals surface area (Å²) in [7, 11) is 0. The number of aromatic nitrogens is 9. The first-order valence-electron chi connectivity index (χ1n) is 12.6. The average molecular weight is 505 g/mol. The van der Waals surface area contributed by atoms with E-state index < -0.39 is 0 Å². The summed E-state index contributed by atoms with van der Waals surface area (Å²) in [5.74, 6) is 1.39. The second kappa shape index (κ2) is 9.60. The maximum absolute atomic E-state index is 5.56. The third-order valence-electron chi connectivity index (χ3n) is 6.78. The van der Waals surface area contributed by atoms with E-state index in [4.69, 9.17) is 19.7 Å². The fourth-order valence-corrected chi connectivity index (χ4v) is 4.80. The normalized spacial score (nSPS) is 13.9. The molecule has 5 aromatic heterocycles. The molecule has 1 N–H and O–H groups in total. The maximum Gasteiger partial charge on any atom is 0.198 e. The van der Waals surface area contributed by atoms with E-state index >= 15 is 0 Å². The van der Waals surface area contributed by atoms with Crippen LogP contribution >= 0.6 is 0 Å². The quantitative estimate of drug-likeness (QED) is 0.364. The number of benzene rings is 1. The predicted octanol–water partition coefficient (Wildman–Crippen LogP) is 3.14. The molecule has 188 valence electrons. The van der Waals surface area contributed by atoms with Gasteiger partial charge in [-0.3, -0.25) is 14.4 Å². The van der Waals surface area contributed by atoms with Gasteiger partial charge in [-0.15, -0.1) is 5.10 Å². The molecular formula is C27H24N10O. The Hall–Kier alpha value is -4.77. The van der Waals surface area contributed by atoms with Crippen molar-refractivity contribution in [2.24, 2.45) is 0 Å². The van der Waals surface area contributed by atoms with Gasteiger partial charge in [-0.05, 0) is 47.5 Å². The first-order valence-corrected chi connectivity index (χ1v) is 12.6. The summed E-state index contributed by atoms with van der Waals surface area (Å²) in [6.45, 7) is 2.93.